The lowest BCUT2D eigenvalue weighted by molar-refractivity contribution is -0.145. The first-order valence-electron chi connectivity index (χ1n) is 6.27. The lowest BCUT2D eigenvalue weighted by Crippen LogP contribution is -2.35. The van der Waals surface area contributed by atoms with E-state index < -0.39 is 17.7 Å². The largest absolute Gasteiger partial charge is 0.466 e. The summed E-state index contributed by atoms with van der Waals surface area (Å²) >= 11 is 0. The molecule has 0 spiro atoms. The van der Waals surface area contributed by atoms with Crippen molar-refractivity contribution in [3.8, 4) is 0 Å². The maximum atomic E-state index is 11.6. The monoisotopic (exact) mass is 273 g/mol. The van der Waals surface area contributed by atoms with E-state index in [0.29, 0.717) is 0 Å². The molecule has 0 radical (unpaired) electrons. The van der Waals surface area contributed by atoms with Crippen LogP contribution in [0.5, 0.6) is 0 Å². The molecule has 0 saturated carbocycles. The smallest absolute Gasteiger partial charge is 0.410 e. The van der Waals surface area contributed by atoms with Gasteiger partial charge in [-0.2, -0.15) is 0 Å². The van der Waals surface area contributed by atoms with Crippen LogP contribution in [0.4, 0.5) is 4.79 Å². The zero-order valence-electron chi connectivity index (χ0n) is 12.3. The molecule has 0 atom stereocenters. The molecule has 1 amide bonds. The lowest BCUT2D eigenvalue weighted by Gasteiger charge is -2.24. The van der Waals surface area contributed by atoms with E-state index in [0.717, 1.165) is 0 Å². The quantitative estimate of drug-likeness (QED) is 0.544. The van der Waals surface area contributed by atoms with Gasteiger partial charge >= 0.3 is 12.1 Å². The second-order valence-electron chi connectivity index (χ2n) is 5.17. The Morgan fingerprint density at radius 3 is 2.21 bits per heavy atom. The van der Waals surface area contributed by atoms with Crippen molar-refractivity contribution in [3.05, 3.63) is 0 Å². The molecule has 0 fully saturated rings. The second kappa shape index (κ2) is 7.76. The molecular formula is C13H23NO5. The van der Waals surface area contributed by atoms with Crippen LogP contribution in [0.25, 0.3) is 0 Å². The summed E-state index contributed by atoms with van der Waals surface area (Å²) in [6, 6.07) is 0. The van der Waals surface area contributed by atoms with E-state index in [4.69, 9.17) is 4.74 Å². The van der Waals surface area contributed by atoms with Gasteiger partial charge in [-0.25, -0.2) is 4.79 Å². The lowest BCUT2D eigenvalue weighted by atomic mass is 10.2. The van der Waals surface area contributed by atoms with Crippen molar-refractivity contribution in [1.82, 2.24) is 4.90 Å². The summed E-state index contributed by atoms with van der Waals surface area (Å²) in [4.78, 5) is 35.4. The topological polar surface area (TPSA) is 72.9 Å². The molecule has 0 aliphatic rings. The fourth-order valence-corrected chi connectivity index (χ4v) is 1.18. The molecule has 0 aliphatic carbocycles. The Hall–Kier alpha value is -1.59. The number of hydrogen-bond acceptors (Lipinski definition) is 5. The van der Waals surface area contributed by atoms with Gasteiger partial charge in [-0.3, -0.25) is 9.59 Å². The Labute approximate surface area is 114 Å². The van der Waals surface area contributed by atoms with Crippen LogP contribution in [-0.2, 0) is 19.1 Å². The first-order chi connectivity index (χ1) is 8.65. The fourth-order valence-electron chi connectivity index (χ4n) is 1.18. The molecule has 6 heteroatoms. The molecule has 0 saturated heterocycles. The third-order valence-corrected chi connectivity index (χ3v) is 2.08. The summed E-state index contributed by atoms with van der Waals surface area (Å²) in [6.45, 7) is 7.45. The van der Waals surface area contributed by atoms with Crippen LogP contribution in [0.1, 0.15) is 40.5 Å². The molecule has 0 heterocycles. The van der Waals surface area contributed by atoms with Crippen molar-refractivity contribution >= 4 is 17.8 Å². The standard InChI is InChI=1S/C13H23NO5/c1-6-18-11(16)9-10(15)7-8-14(5)12(17)19-13(2,3)4/h6-9H2,1-5H3. The number of nitrogens with zero attached hydrogens (tertiary/aromatic N) is 1. The summed E-state index contributed by atoms with van der Waals surface area (Å²) in [6.07, 6.45) is -0.638. The highest BCUT2D eigenvalue weighted by Crippen LogP contribution is 2.09. The van der Waals surface area contributed by atoms with Gasteiger partial charge in [0.15, 0.2) is 0 Å². The Morgan fingerprint density at radius 1 is 1.16 bits per heavy atom. The third-order valence-electron chi connectivity index (χ3n) is 2.08. The van der Waals surface area contributed by atoms with Crippen molar-refractivity contribution in [2.75, 3.05) is 20.2 Å². The summed E-state index contributed by atoms with van der Waals surface area (Å²) < 4.78 is 9.80. The number of ketones is 1. The first-order valence-corrected chi connectivity index (χ1v) is 6.27. The van der Waals surface area contributed by atoms with Crippen LogP contribution in [0.3, 0.4) is 0 Å². The Bertz CT molecular complexity index is 332. The fraction of sp³-hybridized carbons (Fsp3) is 0.769. The average molecular weight is 273 g/mol. The number of ether oxygens (including phenoxy) is 2. The first kappa shape index (κ1) is 17.4. The van der Waals surface area contributed by atoms with Gasteiger partial charge in [0.05, 0.1) is 6.61 Å². The van der Waals surface area contributed by atoms with Crippen molar-refractivity contribution in [3.63, 3.8) is 0 Å². The van der Waals surface area contributed by atoms with Gasteiger partial charge in [-0.05, 0) is 27.7 Å². The number of rotatable bonds is 6. The van der Waals surface area contributed by atoms with E-state index in [1.165, 1.54) is 4.90 Å². The van der Waals surface area contributed by atoms with Gasteiger partial charge in [0, 0.05) is 20.0 Å². The Balaban J connectivity index is 4.02. The zero-order chi connectivity index (χ0) is 15.1. The summed E-state index contributed by atoms with van der Waals surface area (Å²) in [5, 5.41) is 0. The van der Waals surface area contributed by atoms with E-state index in [9.17, 15) is 14.4 Å². The molecule has 19 heavy (non-hydrogen) atoms. The van der Waals surface area contributed by atoms with Gasteiger partial charge in [0.25, 0.3) is 0 Å². The Kier molecular flexibility index (Phi) is 7.11. The predicted octanol–water partition coefficient (Wildman–Crippen LogP) is 1.77. The number of Topliss-reactive ketones (excluding diaryl/α,β-unsaturated/α-hetero) is 1. The SMILES string of the molecule is CCOC(=O)CC(=O)CCN(C)C(=O)OC(C)(C)C. The number of carbonyl (C=O) groups is 3. The molecule has 6 nitrogen and oxygen atoms in total. The highest BCUT2D eigenvalue weighted by Gasteiger charge is 2.20. The van der Waals surface area contributed by atoms with Crippen LogP contribution < -0.4 is 0 Å². The van der Waals surface area contributed by atoms with Gasteiger partial charge < -0.3 is 14.4 Å². The summed E-state index contributed by atoms with van der Waals surface area (Å²) in [5.41, 5.74) is -0.569. The minimum atomic E-state index is -0.569. The van der Waals surface area contributed by atoms with Crippen molar-refractivity contribution in [2.45, 2.75) is 46.1 Å². The van der Waals surface area contributed by atoms with E-state index in [-0.39, 0.29) is 31.8 Å². The third kappa shape index (κ3) is 9.04. The maximum Gasteiger partial charge on any atom is 0.410 e. The molecule has 0 N–H and O–H groups in total. The van der Waals surface area contributed by atoms with Crippen molar-refractivity contribution in [1.29, 1.82) is 0 Å². The minimum Gasteiger partial charge on any atom is -0.466 e. The highest BCUT2D eigenvalue weighted by atomic mass is 16.6. The van der Waals surface area contributed by atoms with Crippen LogP contribution in [0, 0.1) is 0 Å². The molecule has 0 aromatic carbocycles. The molecule has 0 unspecified atom stereocenters. The maximum absolute atomic E-state index is 11.6. The number of amides is 1. The summed E-state index contributed by atoms with van der Waals surface area (Å²) in [7, 11) is 1.55. The van der Waals surface area contributed by atoms with Gasteiger partial charge in [0.2, 0.25) is 0 Å². The van der Waals surface area contributed by atoms with Crippen LogP contribution >= 0.6 is 0 Å². The van der Waals surface area contributed by atoms with Crippen LogP contribution in [-0.4, -0.2) is 48.5 Å². The van der Waals surface area contributed by atoms with Crippen LogP contribution in [0.2, 0.25) is 0 Å². The predicted molar refractivity (Wildman–Crippen MR) is 69.7 cm³/mol. The average Bonchev–Trinajstić information content (AvgIpc) is 2.23. The van der Waals surface area contributed by atoms with Crippen molar-refractivity contribution in [2.24, 2.45) is 0 Å². The van der Waals surface area contributed by atoms with Gasteiger partial charge in [-0.1, -0.05) is 0 Å². The van der Waals surface area contributed by atoms with E-state index >= 15 is 0 Å². The molecule has 0 aromatic heterocycles. The van der Waals surface area contributed by atoms with E-state index in [1.54, 1.807) is 34.7 Å². The van der Waals surface area contributed by atoms with E-state index in [1.807, 2.05) is 0 Å². The summed E-state index contributed by atoms with van der Waals surface area (Å²) in [5.74, 6) is -0.790. The number of esters is 1. The molecule has 0 bridgehead atoms. The Morgan fingerprint density at radius 2 is 1.74 bits per heavy atom. The molecule has 0 aliphatic heterocycles. The molecular weight excluding hydrogens is 250 g/mol. The van der Waals surface area contributed by atoms with Gasteiger partial charge in [0.1, 0.15) is 17.8 Å². The van der Waals surface area contributed by atoms with Gasteiger partial charge in [-0.15, -0.1) is 0 Å². The molecule has 0 rings (SSSR count). The van der Waals surface area contributed by atoms with Crippen LogP contribution in [0.15, 0.2) is 0 Å². The zero-order valence-corrected chi connectivity index (χ0v) is 12.3. The number of hydrogen-bond donors (Lipinski definition) is 0. The molecule has 110 valence electrons. The highest BCUT2D eigenvalue weighted by molar-refractivity contribution is 5.95. The normalized spacial score (nSPS) is 10.8. The van der Waals surface area contributed by atoms with Crippen molar-refractivity contribution < 1.29 is 23.9 Å². The number of carbonyl (C=O) groups excluding carboxylic acids is 3. The van der Waals surface area contributed by atoms with E-state index in [2.05, 4.69) is 4.74 Å². The minimum absolute atomic E-state index is 0.106. The molecule has 0 aromatic rings. The second-order valence-corrected chi connectivity index (χ2v) is 5.17.